The monoisotopic (exact) mass is 303 g/mol. The van der Waals surface area contributed by atoms with Crippen molar-refractivity contribution in [3.8, 4) is 0 Å². The van der Waals surface area contributed by atoms with Gasteiger partial charge in [-0.3, -0.25) is 5.43 Å². The molecule has 0 bridgehead atoms. The van der Waals surface area contributed by atoms with Crippen molar-refractivity contribution in [2.45, 2.75) is 0 Å². The van der Waals surface area contributed by atoms with Crippen molar-refractivity contribution in [2.75, 3.05) is 18.7 Å². The van der Waals surface area contributed by atoms with Crippen LogP contribution in [0.1, 0.15) is 10.4 Å². The summed E-state index contributed by atoms with van der Waals surface area (Å²) < 4.78 is 26.4. The first-order valence-electron chi connectivity index (χ1n) is 5.04. The summed E-state index contributed by atoms with van der Waals surface area (Å²) in [6, 6.07) is 6.53. The van der Waals surface area contributed by atoms with E-state index in [9.17, 15) is 13.2 Å². The fraction of sp³-hybridized carbons (Fsp3) is 0.200. The number of rotatable bonds is 4. The predicted octanol–water partition coefficient (Wildman–Crippen LogP) is 0.224. The fourth-order valence-corrected chi connectivity index (χ4v) is 1.69. The van der Waals surface area contributed by atoms with Gasteiger partial charge in [0.15, 0.2) is 5.11 Å². The molecule has 9 heteroatoms. The number of esters is 1. The lowest BCUT2D eigenvalue weighted by Gasteiger charge is -2.12. The van der Waals surface area contributed by atoms with Crippen LogP contribution in [0.5, 0.6) is 0 Å². The topological polar surface area (TPSA) is 96.5 Å². The van der Waals surface area contributed by atoms with Gasteiger partial charge in [-0.25, -0.2) is 13.2 Å². The van der Waals surface area contributed by atoms with E-state index in [1.165, 1.54) is 7.11 Å². The van der Waals surface area contributed by atoms with Crippen molar-refractivity contribution in [1.82, 2.24) is 10.3 Å². The van der Waals surface area contributed by atoms with E-state index >= 15 is 0 Å². The number of anilines is 1. The van der Waals surface area contributed by atoms with Gasteiger partial charge in [0.2, 0.25) is 10.0 Å². The molecule has 0 atom stereocenters. The number of carbonyl (C=O) groups excluding carboxylic acids is 1. The first-order chi connectivity index (χ1) is 8.83. The molecule has 19 heavy (non-hydrogen) atoms. The van der Waals surface area contributed by atoms with Crippen LogP contribution in [-0.4, -0.2) is 32.9 Å². The number of carbonyl (C=O) groups is 1. The third-order valence-electron chi connectivity index (χ3n) is 1.93. The number of para-hydroxylation sites is 1. The number of thiocarbonyl (C=S) groups is 1. The van der Waals surface area contributed by atoms with E-state index in [1.54, 1.807) is 24.3 Å². The second-order valence-corrected chi connectivity index (χ2v) is 5.65. The summed E-state index contributed by atoms with van der Waals surface area (Å²) in [6.45, 7) is 0. The molecule has 0 saturated carbocycles. The van der Waals surface area contributed by atoms with E-state index in [1.807, 2.05) is 4.83 Å². The molecule has 0 fully saturated rings. The Morgan fingerprint density at radius 1 is 1.32 bits per heavy atom. The molecule has 1 aromatic carbocycles. The smallest absolute Gasteiger partial charge is 0.339 e. The Bertz CT molecular complexity index is 586. The first-order valence-corrected chi connectivity index (χ1v) is 7.34. The highest BCUT2D eigenvalue weighted by atomic mass is 32.2. The number of hydrogen-bond acceptors (Lipinski definition) is 5. The Morgan fingerprint density at radius 2 is 1.95 bits per heavy atom. The van der Waals surface area contributed by atoms with Crippen LogP contribution in [0.2, 0.25) is 0 Å². The van der Waals surface area contributed by atoms with Gasteiger partial charge in [0.1, 0.15) is 0 Å². The SMILES string of the molecule is COC(=O)c1ccccc1NC(=S)NNS(C)(=O)=O. The molecule has 0 unspecified atom stereocenters. The van der Waals surface area contributed by atoms with Gasteiger partial charge in [-0.15, -0.1) is 4.83 Å². The highest BCUT2D eigenvalue weighted by Crippen LogP contribution is 2.15. The first kappa shape index (κ1) is 15.3. The van der Waals surface area contributed by atoms with Gasteiger partial charge in [-0.05, 0) is 24.4 Å². The van der Waals surface area contributed by atoms with Crippen LogP contribution in [0.3, 0.4) is 0 Å². The molecule has 0 aromatic heterocycles. The van der Waals surface area contributed by atoms with Crippen LogP contribution < -0.4 is 15.6 Å². The number of sulfonamides is 1. The summed E-state index contributed by atoms with van der Waals surface area (Å²) in [4.78, 5) is 13.5. The number of ether oxygens (including phenoxy) is 1. The lowest BCUT2D eigenvalue weighted by molar-refractivity contribution is 0.0602. The maximum atomic E-state index is 11.5. The zero-order valence-corrected chi connectivity index (χ0v) is 11.9. The maximum absolute atomic E-state index is 11.5. The zero-order valence-electron chi connectivity index (χ0n) is 10.3. The van der Waals surface area contributed by atoms with E-state index in [4.69, 9.17) is 12.2 Å². The van der Waals surface area contributed by atoms with E-state index < -0.39 is 16.0 Å². The van der Waals surface area contributed by atoms with E-state index in [0.29, 0.717) is 5.69 Å². The zero-order chi connectivity index (χ0) is 14.5. The summed E-state index contributed by atoms with van der Waals surface area (Å²) in [5.74, 6) is -0.526. The van der Waals surface area contributed by atoms with E-state index in [2.05, 4.69) is 15.5 Å². The van der Waals surface area contributed by atoms with Crippen LogP contribution in [0, 0.1) is 0 Å². The minimum atomic E-state index is -3.42. The highest BCUT2D eigenvalue weighted by Gasteiger charge is 2.12. The van der Waals surface area contributed by atoms with Gasteiger partial charge in [0, 0.05) is 0 Å². The van der Waals surface area contributed by atoms with Crippen molar-refractivity contribution in [3.63, 3.8) is 0 Å². The number of nitrogens with one attached hydrogen (secondary N) is 3. The summed E-state index contributed by atoms with van der Waals surface area (Å²) in [5.41, 5.74) is 2.98. The van der Waals surface area contributed by atoms with Crippen LogP contribution in [0.4, 0.5) is 5.69 Å². The Hall–Kier alpha value is -1.71. The predicted molar refractivity (Wildman–Crippen MR) is 75.1 cm³/mol. The quantitative estimate of drug-likeness (QED) is 0.416. The third kappa shape index (κ3) is 5.20. The third-order valence-corrected chi connectivity index (χ3v) is 2.61. The Morgan fingerprint density at radius 3 is 2.53 bits per heavy atom. The van der Waals surface area contributed by atoms with Gasteiger partial charge in [0.25, 0.3) is 0 Å². The molecule has 104 valence electrons. The molecule has 0 heterocycles. The van der Waals surface area contributed by atoms with Crippen molar-refractivity contribution >= 4 is 39.0 Å². The van der Waals surface area contributed by atoms with Gasteiger partial charge in [-0.1, -0.05) is 12.1 Å². The van der Waals surface area contributed by atoms with Gasteiger partial charge in [-0.2, -0.15) is 0 Å². The minimum absolute atomic E-state index is 0.00165. The average molecular weight is 303 g/mol. The highest BCUT2D eigenvalue weighted by molar-refractivity contribution is 7.88. The van der Waals surface area contributed by atoms with Crippen LogP contribution in [0.25, 0.3) is 0 Å². The van der Waals surface area contributed by atoms with Crippen molar-refractivity contribution in [3.05, 3.63) is 29.8 Å². The molecule has 0 amide bonds. The lowest BCUT2D eigenvalue weighted by atomic mass is 10.2. The molecule has 3 N–H and O–H groups in total. The summed E-state index contributed by atoms with van der Waals surface area (Å²) >= 11 is 4.89. The molecule has 0 aliphatic rings. The maximum Gasteiger partial charge on any atom is 0.339 e. The van der Waals surface area contributed by atoms with Crippen molar-refractivity contribution in [2.24, 2.45) is 0 Å². The fourth-order valence-electron chi connectivity index (χ4n) is 1.17. The van der Waals surface area contributed by atoms with Gasteiger partial charge < -0.3 is 10.1 Å². The van der Waals surface area contributed by atoms with Gasteiger partial charge >= 0.3 is 5.97 Å². The van der Waals surface area contributed by atoms with Gasteiger partial charge in [0.05, 0.1) is 24.6 Å². The lowest BCUT2D eigenvalue weighted by Crippen LogP contribution is -2.43. The molecule has 1 aromatic rings. The molecule has 0 spiro atoms. The molecule has 7 nitrogen and oxygen atoms in total. The summed E-state index contributed by atoms with van der Waals surface area (Å²) in [5, 5.41) is 2.69. The normalized spacial score (nSPS) is 10.6. The molecule has 0 aliphatic heterocycles. The molecular formula is C10H13N3O4S2. The largest absolute Gasteiger partial charge is 0.465 e. The van der Waals surface area contributed by atoms with Crippen molar-refractivity contribution in [1.29, 1.82) is 0 Å². The van der Waals surface area contributed by atoms with Crippen molar-refractivity contribution < 1.29 is 17.9 Å². The molecular weight excluding hydrogens is 290 g/mol. The Balaban J connectivity index is 2.77. The molecule has 0 saturated heterocycles. The standard InChI is InChI=1S/C10H13N3O4S2/c1-17-9(14)7-5-3-4-6-8(7)11-10(18)12-13-19(2,15)16/h3-6,13H,1-2H3,(H2,11,12,18). The van der Waals surface area contributed by atoms with Crippen LogP contribution in [0.15, 0.2) is 24.3 Å². The van der Waals surface area contributed by atoms with Crippen LogP contribution >= 0.6 is 12.2 Å². The molecule has 0 aliphatic carbocycles. The summed E-state index contributed by atoms with van der Waals surface area (Å²) in [6.07, 6.45) is 0.977. The minimum Gasteiger partial charge on any atom is -0.465 e. The number of hydrazine groups is 1. The van der Waals surface area contributed by atoms with E-state index in [-0.39, 0.29) is 10.7 Å². The second kappa shape index (κ2) is 6.45. The number of benzene rings is 1. The van der Waals surface area contributed by atoms with E-state index in [0.717, 1.165) is 6.26 Å². The summed E-state index contributed by atoms with van der Waals surface area (Å²) in [7, 11) is -2.16. The Kier molecular flexibility index (Phi) is 5.21. The number of methoxy groups -OCH3 is 1. The van der Waals surface area contributed by atoms with Crippen LogP contribution in [-0.2, 0) is 14.8 Å². The average Bonchev–Trinajstić information content (AvgIpc) is 2.35. The molecule has 0 radical (unpaired) electrons. The Labute approximate surface area is 116 Å². The number of hydrogen-bond donors (Lipinski definition) is 3. The second-order valence-electron chi connectivity index (χ2n) is 3.49. The molecule has 1 rings (SSSR count).